The van der Waals surface area contributed by atoms with Crippen molar-refractivity contribution in [1.29, 1.82) is 0 Å². The molecule has 140 valence electrons. The Labute approximate surface area is 146 Å². The first kappa shape index (κ1) is 19.8. The highest BCUT2D eigenvalue weighted by molar-refractivity contribution is 5.86. The van der Waals surface area contributed by atoms with Crippen LogP contribution < -0.4 is 5.32 Å². The van der Waals surface area contributed by atoms with Crippen molar-refractivity contribution in [3.05, 3.63) is 35.4 Å². The lowest BCUT2D eigenvalue weighted by Gasteiger charge is -2.39. The largest absolute Gasteiger partial charge is 0.396 e. The zero-order chi connectivity index (χ0) is 18.7. The van der Waals surface area contributed by atoms with Crippen molar-refractivity contribution < 1.29 is 23.8 Å². The van der Waals surface area contributed by atoms with Crippen LogP contribution in [0.4, 0.5) is 8.78 Å². The van der Waals surface area contributed by atoms with E-state index in [0.29, 0.717) is 25.9 Å². The van der Waals surface area contributed by atoms with Gasteiger partial charge < -0.3 is 20.4 Å². The molecule has 0 bridgehead atoms. The molecule has 0 saturated carbocycles. The summed E-state index contributed by atoms with van der Waals surface area (Å²) in [5, 5.41) is 23.0. The van der Waals surface area contributed by atoms with Gasteiger partial charge in [0.15, 0.2) is 17.2 Å². The number of aliphatic hydroxyl groups is 2. The average molecular weight is 356 g/mol. The number of rotatable bonds is 7. The Kier molecular flexibility index (Phi) is 6.13. The monoisotopic (exact) mass is 356 g/mol. The number of nitrogens with one attached hydrogen (secondary N) is 1. The summed E-state index contributed by atoms with van der Waals surface area (Å²) in [6.45, 7) is 4.52. The normalized spacial score (nSPS) is 21.7. The molecule has 25 heavy (non-hydrogen) atoms. The van der Waals surface area contributed by atoms with E-state index in [-0.39, 0.29) is 30.7 Å². The molecule has 0 aliphatic carbocycles. The number of carbonyl (C=O) groups is 1. The third-order valence-corrected chi connectivity index (χ3v) is 4.55. The molecule has 5 nitrogen and oxygen atoms in total. The van der Waals surface area contributed by atoms with E-state index in [1.54, 1.807) is 0 Å². The van der Waals surface area contributed by atoms with Crippen LogP contribution in [0.5, 0.6) is 0 Å². The number of likely N-dealkylation sites (tertiary alicyclic amines) is 1. The Morgan fingerprint density at radius 1 is 1.36 bits per heavy atom. The number of hydrogen-bond acceptors (Lipinski definition) is 4. The maximum absolute atomic E-state index is 13.8. The summed E-state index contributed by atoms with van der Waals surface area (Å²) in [6, 6.07) is 3.86. The minimum atomic E-state index is -1.58. The van der Waals surface area contributed by atoms with Crippen LogP contribution in [0, 0.1) is 17.0 Å². The Hall–Kier alpha value is -1.57. The molecule has 1 aromatic rings. The topological polar surface area (TPSA) is 72.8 Å². The summed E-state index contributed by atoms with van der Waals surface area (Å²) < 4.78 is 27.2. The lowest BCUT2D eigenvalue weighted by atomic mass is 9.90. The summed E-state index contributed by atoms with van der Waals surface area (Å²) in [6.07, 6.45) is 0.880. The van der Waals surface area contributed by atoms with Crippen LogP contribution in [0.3, 0.4) is 0 Å². The number of benzene rings is 1. The summed E-state index contributed by atoms with van der Waals surface area (Å²) in [7, 11) is 0. The second-order valence-corrected chi connectivity index (χ2v) is 7.50. The molecule has 2 rings (SSSR count). The molecule has 0 radical (unpaired) electrons. The minimum Gasteiger partial charge on any atom is -0.396 e. The van der Waals surface area contributed by atoms with E-state index < -0.39 is 23.1 Å². The highest BCUT2D eigenvalue weighted by Crippen LogP contribution is 2.25. The zero-order valence-electron chi connectivity index (χ0n) is 14.7. The van der Waals surface area contributed by atoms with Crippen molar-refractivity contribution >= 4 is 5.91 Å². The summed E-state index contributed by atoms with van der Waals surface area (Å²) in [5.41, 5.74) is -1.85. The van der Waals surface area contributed by atoms with Gasteiger partial charge in [0.05, 0.1) is 0 Å². The molecule has 1 amide bonds. The molecule has 3 N–H and O–H groups in total. The van der Waals surface area contributed by atoms with Crippen LogP contribution in [0.25, 0.3) is 0 Å². The molecule has 1 aromatic carbocycles. The van der Waals surface area contributed by atoms with Crippen molar-refractivity contribution in [2.45, 2.75) is 38.8 Å². The van der Waals surface area contributed by atoms with E-state index in [1.807, 2.05) is 13.8 Å². The van der Waals surface area contributed by atoms with Crippen LogP contribution in [0.1, 0.15) is 32.3 Å². The lowest BCUT2D eigenvalue weighted by molar-refractivity contribution is -0.157. The van der Waals surface area contributed by atoms with Gasteiger partial charge in [-0.3, -0.25) is 4.79 Å². The van der Waals surface area contributed by atoms with Crippen molar-refractivity contribution in [3.63, 3.8) is 0 Å². The molecule has 0 unspecified atom stereocenters. The lowest BCUT2D eigenvalue weighted by Crippen LogP contribution is -2.58. The number of amides is 1. The summed E-state index contributed by atoms with van der Waals surface area (Å²) in [5.74, 6) is -2.41. The van der Waals surface area contributed by atoms with Gasteiger partial charge in [0.1, 0.15) is 0 Å². The molecular formula is C18H26F2N2O3. The van der Waals surface area contributed by atoms with Gasteiger partial charge in [-0.15, -0.1) is 0 Å². The van der Waals surface area contributed by atoms with Gasteiger partial charge >= 0.3 is 0 Å². The van der Waals surface area contributed by atoms with Crippen LogP contribution >= 0.6 is 0 Å². The standard InChI is InChI=1S/C18H26F2N2O3/c1-17(2,12-23)10-21-11-18(25)7-4-8-22(16(18)24)9-13-5-3-6-14(19)15(13)20/h3,5-6,21,23,25H,4,7-12H2,1-2H3/t18-/m1/s1. The van der Waals surface area contributed by atoms with Gasteiger partial charge in [-0.25, -0.2) is 8.78 Å². The van der Waals surface area contributed by atoms with Crippen LogP contribution in [-0.2, 0) is 11.3 Å². The molecule has 1 atom stereocenters. The third kappa shape index (κ3) is 4.74. The van der Waals surface area contributed by atoms with E-state index in [0.717, 1.165) is 6.07 Å². The molecule has 0 aromatic heterocycles. The van der Waals surface area contributed by atoms with E-state index in [2.05, 4.69) is 5.32 Å². The van der Waals surface area contributed by atoms with E-state index in [1.165, 1.54) is 17.0 Å². The van der Waals surface area contributed by atoms with Crippen molar-refractivity contribution in [2.24, 2.45) is 5.41 Å². The molecular weight excluding hydrogens is 330 g/mol. The molecule has 0 spiro atoms. The molecule has 1 aliphatic rings. The quantitative estimate of drug-likeness (QED) is 0.691. The number of hydrogen-bond donors (Lipinski definition) is 3. The minimum absolute atomic E-state index is 0.0165. The molecule has 7 heteroatoms. The second-order valence-electron chi connectivity index (χ2n) is 7.50. The van der Waals surface area contributed by atoms with Gasteiger partial charge in [0, 0.05) is 43.8 Å². The maximum atomic E-state index is 13.8. The second kappa shape index (κ2) is 7.76. The van der Waals surface area contributed by atoms with Gasteiger partial charge in [0.25, 0.3) is 5.91 Å². The fraction of sp³-hybridized carbons (Fsp3) is 0.611. The number of aliphatic hydroxyl groups excluding tert-OH is 1. The van der Waals surface area contributed by atoms with E-state index in [9.17, 15) is 23.8 Å². The Morgan fingerprint density at radius 2 is 2.08 bits per heavy atom. The average Bonchev–Trinajstić information content (AvgIpc) is 2.56. The van der Waals surface area contributed by atoms with Crippen LogP contribution in [-0.4, -0.2) is 52.9 Å². The molecule has 1 heterocycles. The molecule has 1 aliphatic heterocycles. The number of carbonyl (C=O) groups excluding carboxylic acids is 1. The summed E-state index contributed by atoms with van der Waals surface area (Å²) >= 11 is 0. The Morgan fingerprint density at radius 3 is 2.76 bits per heavy atom. The smallest absolute Gasteiger partial charge is 0.256 e. The van der Waals surface area contributed by atoms with E-state index in [4.69, 9.17) is 0 Å². The first-order chi connectivity index (χ1) is 11.7. The predicted octanol–water partition coefficient (Wildman–Crippen LogP) is 1.43. The Bertz CT molecular complexity index is 624. The number of piperidine rings is 1. The van der Waals surface area contributed by atoms with Crippen molar-refractivity contribution in [2.75, 3.05) is 26.2 Å². The highest BCUT2D eigenvalue weighted by Gasteiger charge is 2.42. The van der Waals surface area contributed by atoms with Crippen LogP contribution in [0.15, 0.2) is 18.2 Å². The summed E-state index contributed by atoms with van der Waals surface area (Å²) in [4.78, 5) is 14.0. The first-order valence-electron chi connectivity index (χ1n) is 8.45. The maximum Gasteiger partial charge on any atom is 0.256 e. The van der Waals surface area contributed by atoms with Gasteiger partial charge in [-0.2, -0.15) is 0 Å². The number of nitrogens with zero attached hydrogens (tertiary/aromatic N) is 1. The van der Waals surface area contributed by atoms with Crippen LogP contribution in [0.2, 0.25) is 0 Å². The molecule has 1 fully saturated rings. The SMILES string of the molecule is CC(C)(CO)CNC[C@]1(O)CCCN(Cc2cccc(F)c2F)C1=O. The van der Waals surface area contributed by atoms with Gasteiger partial charge in [0.2, 0.25) is 0 Å². The highest BCUT2D eigenvalue weighted by atomic mass is 19.2. The third-order valence-electron chi connectivity index (χ3n) is 4.55. The van der Waals surface area contributed by atoms with Gasteiger partial charge in [-0.05, 0) is 18.9 Å². The van der Waals surface area contributed by atoms with Crippen molar-refractivity contribution in [3.8, 4) is 0 Å². The predicted molar refractivity (Wildman–Crippen MR) is 89.7 cm³/mol. The number of halogens is 2. The fourth-order valence-electron chi connectivity index (χ4n) is 2.92. The first-order valence-corrected chi connectivity index (χ1v) is 8.45. The van der Waals surface area contributed by atoms with Crippen molar-refractivity contribution in [1.82, 2.24) is 10.2 Å². The Balaban J connectivity index is 2.03. The molecule has 1 saturated heterocycles. The fourth-order valence-corrected chi connectivity index (χ4v) is 2.92. The van der Waals surface area contributed by atoms with Gasteiger partial charge in [-0.1, -0.05) is 26.0 Å². The zero-order valence-corrected chi connectivity index (χ0v) is 14.7. The van der Waals surface area contributed by atoms with E-state index >= 15 is 0 Å².